The number of carbonyl (C=O) groups excluding carboxylic acids is 1. The lowest BCUT2D eigenvalue weighted by Crippen LogP contribution is -2.45. The van der Waals surface area contributed by atoms with Crippen molar-refractivity contribution < 1.29 is 29.6 Å². The molecule has 0 bridgehead atoms. The fraction of sp³-hybridized carbons (Fsp3) is 0.719. The van der Waals surface area contributed by atoms with E-state index in [1.54, 1.807) is 0 Å². The highest BCUT2D eigenvalue weighted by molar-refractivity contribution is 5.90. The van der Waals surface area contributed by atoms with Gasteiger partial charge in [0, 0.05) is 31.1 Å². The molecule has 0 aromatic heterocycles. The van der Waals surface area contributed by atoms with Crippen molar-refractivity contribution in [3.63, 3.8) is 0 Å². The average molecular weight is 529 g/mol. The first-order valence-corrected chi connectivity index (χ1v) is 14.7. The molecule has 0 radical (unpaired) electrons. The van der Waals surface area contributed by atoms with Crippen LogP contribution < -0.4 is 0 Å². The van der Waals surface area contributed by atoms with Crippen molar-refractivity contribution in [2.75, 3.05) is 13.2 Å². The van der Waals surface area contributed by atoms with Crippen LogP contribution in [0.5, 0.6) is 0 Å². The van der Waals surface area contributed by atoms with E-state index in [1.807, 2.05) is 0 Å². The Morgan fingerprint density at radius 2 is 1.97 bits per heavy atom. The third-order valence-electron chi connectivity index (χ3n) is 10.2. The number of ether oxygens (including phenoxy) is 2. The van der Waals surface area contributed by atoms with E-state index in [2.05, 4.69) is 46.1 Å². The molecule has 1 heterocycles. The van der Waals surface area contributed by atoms with Crippen LogP contribution in [0.25, 0.3) is 0 Å². The van der Waals surface area contributed by atoms with Crippen LogP contribution in [0.4, 0.5) is 0 Å². The molecule has 3 saturated carbocycles. The van der Waals surface area contributed by atoms with Gasteiger partial charge in [-0.05, 0) is 85.7 Å². The van der Waals surface area contributed by atoms with Crippen molar-refractivity contribution >= 4 is 5.97 Å². The van der Waals surface area contributed by atoms with Gasteiger partial charge in [0.2, 0.25) is 0 Å². The molecule has 9 atom stereocenters. The molecule has 3 aliphatic carbocycles. The van der Waals surface area contributed by atoms with Crippen LogP contribution in [0.3, 0.4) is 0 Å². The third-order valence-corrected chi connectivity index (χ3v) is 10.2. The molecule has 3 N–H and O–H groups in total. The van der Waals surface area contributed by atoms with Crippen molar-refractivity contribution in [2.45, 2.75) is 103 Å². The molecule has 0 unspecified atom stereocenters. The number of fused-ring (bicyclic) bond motifs is 1. The molecule has 6 nitrogen and oxygen atoms in total. The maximum Gasteiger partial charge on any atom is 0.334 e. The zero-order valence-corrected chi connectivity index (χ0v) is 23.5. The molecule has 4 fully saturated rings. The highest BCUT2D eigenvalue weighted by Gasteiger charge is 2.51. The van der Waals surface area contributed by atoms with Gasteiger partial charge in [0.15, 0.2) is 0 Å². The number of aliphatic hydroxyl groups is 3. The van der Waals surface area contributed by atoms with Crippen LogP contribution >= 0.6 is 0 Å². The van der Waals surface area contributed by atoms with Crippen LogP contribution in [-0.4, -0.2) is 58.9 Å². The molecule has 0 aromatic rings. The largest absolute Gasteiger partial charge is 0.458 e. The molecular formula is C32H48O6. The summed E-state index contributed by atoms with van der Waals surface area (Å²) in [6.45, 7) is 15.3. The van der Waals surface area contributed by atoms with E-state index in [0.29, 0.717) is 48.3 Å². The van der Waals surface area contributed by atoms with Crippen molar-refractivity contribution in [2.24, 2.45) is 29.1 Å². The number of aliphatic hydroxyl groups excluding tert-OH is 3. The maximum absolute atomic E-state index is 12.1. The van der Waals surface area contributed by atoms with Crippen LogP contribution in [0.2, 0.25) is 0 Å². The fourth-order valence-corrected chi connectivity index (χ4v) is 8.08. The first kappa shape index (κ1) is 29.3. The summed E-state index contributed by atoms with van der Waals surface area (Å²) in [5, 5.41) is 30.4. The number of hydrogen-bond acceptors (Lipinski definition) is 6. The Kier molecular flexibility index (Phi) is 9.39. The first-order valence-electron chi connectivity index (χ1n) is 14.7. The van der Waals surface area contributed by atoms with E-state index >= 15 is 0 Å². The predicted octanol–water partition coefficient (Wildman–Crippen LogP) is 5.04. The second kappa shape index (κ2) is 12.2. The SMILES string of the molecule is C=C1C(=CC=C2CCC[C@]3(C)[C@@H]([C@H](C)C[C@H]4OC(=O)C(=C)[C@@H]4CC)CC[C@@H]23)C[C@@H](O)[C@H](OCCCO)[C@@H]1O. The summed E-state index contributed by atoms with van der Waals surface area (Å²) in [4.78, 5) is 12.1. The zero-order chi connectivity index (χ0) is 27.6. The Morgan fingerprint density at radius 3 is 2.68 bits per heavy atom. The quantitative estimate of drug-likeness (QED) is 0.220. The first-order chi connectivity index (χ1) is 18.1. The van der Waals surface area contributed by atoms with E-state index in [0.717, 1.165) is 31.3 Å². The van der Waals surface area contributed by atoms with E-state index in [1.165, 1.54) is 24.8 Å². The van der Waals surface area contributed by atoms with E-state index < -0.39 is 18.3 Å². The highest BCUT2D eigenvalue weighted by Crippen LogP contribution is 2.60. The molecule has 212 valence electrons. The van der Waals surface area contributed by atoms with E-state index in [9.17, 15) is 15.0 Å². The van der Waals surface area contributed by atoms with E-state index in [-0.39, 0.29) is 30.0 Å². The predicted molar refractivity (Wildman–Crippen MR) is 148 cm³/mol. The van der Waals surface area contributed by atoms with Gasteiger partial charge < -0.3 is 24.8 Å². The van der Waals surface area contributed by atoms with Gasteiger partial charge in [-0.2, -0.15) is 0 Å². The zero-order valence-electron chi connectivity index (χ0n) is 23.5. The minimum atomic E-state index is -0.955. The number of esters is 1. The third kappa shape index (κ3) is 5.60. The summed E-state index contributed by atoms with van der Waals surface area (Å²) < 4.78 is 11.4. The van der Waals surface area contributed by atoms with Gasteiger partial charge in [0.1, 0.15) is 18.3 Å². The van der Waals surface area contributed by atoms with Crippen molar-refractivity contribution in [3.05, 3.63) is 47.6 Å². The summed E-state index contributed by atoms with van der Waals surface area (Å²) in [6, 6.07) is 0. The molecule has 4 rings (SSSR count). The van der Waals surface area contributed by atoms with Crippen molar-refractivity contribution in [1.29, 1.82) is 0 Å². The van der Waals surface area contributed by atoms with Gasteiger partial charge >= 0.3 is 5.97 Å². The van der Waals surface area contributed by atoms with Crippen LogP contribution in [0.15, 0.2) is 47.6 Å². The topological polar surface area (TPSA) is 96.2 Å². The Bertz CT molecular complexity index is 965. The van der Waals surface area contributed by atoms with Crippen LogP contribution in [0, 0.1) is 29.1 Å². The summed E-state index contributed by atoms with van der Waals surface area (Å²) >= 11 is 0. The molecule has 4 aliphatic rings. The fourth-order valence-electron chi connectivity index (χ4n) is 8.08. The highest BCUT2D eigenvalue weighted by atomic mass is 16.6. The van der Waals surface area contributed by atoms with Crippen molar-refractivity contribution in [3.8, 4) is 0 Å². The lowest BCUT2D eigenvalue weighted by atomic mass is 9.60. The number of carbonyl (C=O) groups is 1. The molecule has 0 amide bonds. The Hall–Kier alpha value is -1.73. The van der Waals surface area contributed by atoms with E-state index in [4.69, 9.17) is 14.6 Å². The molecule has 0 spiro atoms. The lowest BCUT2D eigenvalue weighted by Gasteiger charge is -2.45. The summed E-state index contributed by atoms with van der Waals surface area (Å²) in [6.07, 6.45) is 10.2. The number of cyclic esters (lactones) is 1. The minimum absolute atomic E-state index is 0.0152. The summed E-state index contributed by atoms with van der Waals surface area (Å²) in [5.41, 5.74) is 3.81. The normalized spacial score (nSPS) is 40.6. The average Bonchev–Trinajstić information content (AvgIpc) is 3.37. The summed E-state index contributed by atoms with van der Waals surface area (Å²) in [5.74, 6) is 1.48. The molecule has 38 heavy (non-hydrogen) atoms. The van der Waals surface area contributed by atoms with Gasteiger partial charge in [0.05, 0.1) is 6.10 Å². The van der Waals surface area contributed by atoms with Gasteiger partial charge in [0.25, 0.3) is 0 Å². The Balaban J connectivity index is 1.45. The van der Waals surface area contributed by atoms with Gasteiger partial charge in [-0.25, -0.2) is 4.79 Å². The van der Waals surface area contributed by atoms with Gasteiger partial charge in [-0.15, -0.1) is 0 Å². The van der Waals surface area contributed by atoms with Gasteiger partial charge in [-0.3, -0.25) is 0 Å². The van der Waals surface area contributed by atoms with Crippen LogP contribution in [0.1, 0.15) is 78.6 Å². The standard InChI is InChI=1S/C32H48O6/c1-6-24-21(4)31(36)38-28(24)17-19(2)25-12-13-26-22(9-7-14-32(25,26)5)10-11-23-18-27(34)30(29(35)20(23)3)37-16-8-15-33/h10-11,19,24-30,33-35H,3-4,6-9,12-18H2,1-2,5H3/t19-,24+,25-,26+,27-,28-,29-,30+,32-/m1/s1. The molecule has 0 aromatic carbocycles. The minimum Gasteiger partial charge on any atom is -0.458 e. The molecule has 6 heteroatoms. The molecule has 1 saturated heterocycles. The van der Waals surface area contributed by atoms with Crippen LogP contribution in [-0.2, 0) is 14.3 Å². The monoisotopic (exact) mass is 528 g/mol. The molecule has 1 aliphatic heterocycles. The lowest BCUT2D eigenvalue weighted by molar-refractivity contribution is -0.140. The number of allylic oxidation sites excluding steroid dienone is 3. The van der Waals surface area contributed by atoms with Crippen molar-refractivity contribution in [1.82, 2.24) is 0 Å². The second-order valence-electron chi connectivity index (χ2n) is 12.4. The second-order valence-corrected chi connectivity index (χ2v) is 12.4. The smallest absolute Gasteiger partial charge is 0.334 e. The number of hydrogen-bond donors (Lipinski definition) is 3. The summed E-state index contributed by atoms with van der Waals surface area (Å²) in [7, 11) is 0. The maximum atomic E-state index is 12.1. The molecular weight excluding hydrogens is 480 g/mol. The Labute approximate surface area is 228 Å². The van der Waals surface area contributed by atoms with Gasteiger partial charge in [-0.1, -0.05) is 51.7 Å². The number of rotatable bonds is 9. The Morgan fingerprint density at radius 1 is 1.21 bits per heavy atom.